The second kappa shape index (κ2) is 7.54. The second-order valence-corrected chi connectivity index (χ2v) is 6.67. The van der Waals surface area contributed by atoms with Crippen molar-refractivity contribution in [1.29, 1.82) is 5.26 Å². The zero-order valence-corrected chi connectivity index (χ0v) is 15.4. The molecule has 0 aliphatic carbocycles. The lowest BCUT2D eigenvalue weighted by Gasteiger charge is -2.10. The maximum Gasteiger partial charge on any atom is 0.232 e. The quantitative estimate of drug-likeness (QED) is 0.483. The molecule has 0 aliphatic heterocycles. The lowest BCUT2D eigenvalue weighted by Crippen LogP contribution is -1.99. The van der Waals surface area contributed by atoms with Gasteiger partial charge in [0.1, 0.15) is 17.2 Å². The fourth-order valence-corrected chi connectivity index (χ4v) is 3.72. The minimum Gasteiger partial charge on any atom is -0.438 e. The van der Waals surface area contributed by atoms with Crippen molar-refractivity contribution in [2.24, 2.45) is 0 Å². The van der Waals surface area contributed by atoms with Crippen LogP contribution in [0.25, 0.3) is 21.3 Å². The number of benzene rings is 2. The van der Waals surface area contributed by atoms with Gasteiger partial charge in [-0.2, -0.15) is 10.2 Å². The van der Waals surface area contributed by atoms with Gasteiger partial charge in [-0.3, -0.25) is 0 Å². The van der Waals surface area contributed by atoms with E-state index in [0.717, 1.165) is 21.3 Å². The van der Waals surface area contributed by atoms with Gasteiger partial charge >= 0.3 is 0 Å². The number of thiophene rings is 1. The Morgan fingerprint density at radius 3 is 2.52 bits per heavy atom. The molecule has 2 aromatic heterocycles. The van der Waals surface area contributed by atoms with Gasteiger partial charge in [-0.25, -0.2) is 4.98 Å². The molecule has 0 bridgehead atoms. The number of fused-ring (bicyclic) bond motifs is 1. The summed E-state index contributed by atoms with van der Waals surface area (Å²) in [7, 11) is 1.61. The smallest absolute Gasteiger partial charge is 0.232 e. The zero-order valence-electron chi connectivity index (χ0n) is 14.5. The topological polar surface area (TPSA) is 68.0 Å². The van der Waals surface area contributed by atoms with Crippen LogP contribution in [0, 0.1) is 11.3 Å². The van der Waals surface area contributed by atoms with E-state index in [1.54, 1.807) is 42.7 Å². The van der Waals surface area contributed by atoms with Gasteiger partial charge in [0, 0.05) is 18.1 Å². The van der Waals surface area contributed by atoms with Crippen LogP contribution < -0.4 is 4.74 Å². The number of hydrogen-bond donors (Lipinski definition) is 0. The standard InChI is InChI=1S/C21H15N3O2S/c1-25-12-18-23-20(26-16-9-7-14(11-22)8-10-16)19-17(13-27-21(19)24-18)15-5-3-2-4-6-15/h2-10,13H,12H2,1H3. The molecule has 0 amide bonds. The molecule has 0 radical (unpaired) electrons. The van der Waals surface area contributed by atoms with E-state index in [2.05, 4.69) is 33.5 Å². The number of methoxy groups -OCH3 is 1. The molecule has 6 heteroatoms. The van der Waals surface area contributed by atoms with Crippen molar-refractivity contribution in [1.82, 2.24) is 9.97 Å². The molecule has 0 spiro atoms. The Morgan fingerprint density at radius 1 is 1.04 bits per heavy atom. The van der Waals surface area contributed by atoms with E-state index in [4.69, 9.17) is 14.7 Å². The molecule has 2 heterocycles. The molecule has 0 saturated heterocycles. The minimum absolute atomic E-state index is 0.304. The summed E-state index contributed by atoms with van der Waals surface area (Å²) in [4.78, 5) is 10.0. The average molecular weight is 373 g/mol. The van der Waals surface area contributed by atoms with Gasteiger partial charge in [-0.15, -0.1) is 11.3 Å². The van der Waals surface area contributed by atoms with Crippen LogP contribution in [0.4, 0.5) is 0 Å². The molecule has 4 aromatic rings. The van der Waals surface area contributed by atoms with Crippen molar-refractivity contribution < 1.29 is 9.47 Å². The molecule has 27 heavy (non-hydrogen) atoms. The van der Waals surface area contributed by atoms with Gasteiger partial charge in [-0.05, 0) is 29.8 Å². The van der Waals surface area contributed by atoms with Gasteiger partial charge in [-0.1, -0.05) is 30.3 Å². The van der Waals surface area contributed by atoms with Crippen LogP contribution in [0.2, 0.25) is 0 Å². The Labute approximate surface area is 160 Å². The van der Waals surface area contributed by atoms with E-state index >= 15 is 0 Å². The number of nitrogens with zero attached hydrogens (tertiary/aromatic N) is 3. The number of aromatic nitrogens is 2. The van der Waals surface area contributed by atoms with Crippen molar-refractivity contribution in [3.63, 3.8) is 0 Å². The van der Waals surface area contributed by atoms with E-state index in [1.807, 2.05) is 18.2 Å². The fraction of sp³-hybridized carbons (Fsp3) is 0.0952. The van der Waals surface area contributed by atoms with Crippen LogP contribution in [0.3, 0.4) is 0 Å². The summed E-state index contributed by atoms with van der Waals surface area (Å²) < 4.78 is 11.3. The third-order valence-electron chi connectivity index (χ3n) is 4.00. The molecule has 0 aliphatic rings. The van der Waals surface area contributed by atoms with E-state index < -0.39 is 0 Å². The molecule has 0 N–H and O–H groups in total. The Bertz CT molecular complexity index is 1120. The summed E-state index contributed by atoms with van der Waals surface area (Å²) in [5.41, 5.74) is 2.69. The Kier molecular flexibility index (Phi) is 4.79. The normalized spacial score (nSPS) is 10.7. The first-order valence-corrected chi connectivity index (χ1v) is 9.17. The monoisotopic (exact) mass is 373 g/mol. The first-order valence-electron chi connectivity index (χ1n) is 8.29. The molecule has 0 fully saturated rings. The van der Waals surface area contributed by atoms with E-state index in [1.165, 1.54) is 0 Å². The Balaban J connectivity index is 1.84. The second-order valence-electron chi connectivity index (χ2n) is 5.81. The SMILES string of the molecule is COCc1nc(Oc2ccc(C#N)cc2)c2c(-c3ccccc3)csc2n1. The summed E-state index contributed by atoms with van der Waals surface area (Å²) >= 11 is 1.55. The maximum absolute atomic E-state index is 8.97. The van der Waals surface area contributed by atoms with Crippen molar-refractivity contribution >= 4 is 21.6 Å². The average Bonchev–Trinajstić information content (AvgIpc) is 3.14. The Hall–Kier alpha value is -3.27. The molecule has 0 atom stereocenters. The molecule has 0 unspecified atom stereocenters. The molecule has 4 rings (SSSR count). The summed E-state index contributed by atoms with van der Waals surface area (Å²) in [6.45, 7) is 0.304. The molecule has 132 valence electrons. The zero-order chi connectivity index (χ0) is 18.6. The van der Waals surface area contributed by atoms with Gasteiger partial charge in [0.25, 0.3) is 0 Å². The van der Waals surface area contributed by atoms with E-state index in [-0.39, 0.29) is 0 Å². The number of hydrogen-bond acceptors (Lipinski definition) is 6. The van der Waals surface area contributed by atoms with Crippen molar-refractivity contribution in [2.45, 2.75) is 6.61 Å². The predicted molar refractivity (Wildman–Crippen MR) is 105 cm³/mol. The summed E-state index contributed by atoms with van der Waals surface area (Å²) in [5, 5.41) is 11.9. The first kappa shape index (κ1) is 17.2. The van der Waals surface area contributed by atoms with Crippen molar-refractivity contribution in [3.8, 4) is 28.8 Å². The number of nitriles is 1. The highest BCUT2D eigenvalue weighted by atomic mass is 32.1. The summed E-state index contributed by atoms with van der Waals surface area (Å²) in [5.74, 6) is 1.66. The molecule has 2 aromatic carbocycles. The lowest BCUT2D eigenvalue weighted by atomic mass is 10.1. The predicted octanol–water partition coefficient (Wildman–Crippen LogP) is 5.17. The molecule has 0 saturated carbocycles. The fourth-order valence-electron chi connectivity index (χ4n) is 2.76. The van der Waals surface area contributed by atoms with Gasteiger partial charge < -0.3 is 9.47 Å². The van der Waals surface area contributed by atoms with Crippen LogP contribution in [-0.4, -0.2) is 17.1 Å². The molecule has 5 nitrogen and oxygen atoms in total. The molecular weight excluding hydrogens is 358 g/mol. The summed E-state index contributed by atoms with van der Waals surface area (Å²) in [6.07, 6.45) is 0. The highest BCUT2D eigenvalue weighted by molar-refractivity contribution is 7.17. The van der Waals surface area contributed by atoms with E-state index in [0.29, 0.717) is 29.6 Å². The third-order valence-corrected chi connectivity index (χ3v) is 4.88. The first-order chi connectivity index (χ1) is 13.3. The highest BCUT2D eigenvalue weighted by Crippen LogP contribution is 2.39. The lowest BCUT2D eigenvalue weighted by molar-refractivity contribution is 0.177. The van der Waals surface area contributed by atoms with E-state index in [9.17, 15) is 0 Å². The van der Waals surface area contributed by atoms with Crippen LogP contribution in [0.5, 0.6) is 11.6 Å². The van der Waals surface area contributed by atoms with Crippen LogP contribution in [-0.2, 0) is 11.3 Å². The summed E-state index contributed by atoms with van der Waals surface area (Å²) in [6, 6.07) is 19.2. The molecular formula is C21H15N3O2S. The third kappa shape index (κ3) is 3.51. The highest BCUT2D eigenvalue weighted by Gasteiger charge is 2.17. The van der Waals surface area contributed by atoms with Crippen LogP contribution in [0.15, 0.2) is 60.0 Å². The minimum atomic E-state index is 0.304. The van der Waals surface area contributed by atoms with Crippen LogP contribution in [0.1, 0.15) is 11.4 Å². The maximum atomic E-state index is 8.97. The van der Waals surface area contributed by atoms with Gasteiger partial charge in [0.15, 0.2) is 5.82 Å². The Morgan fingerprint density at radius 2 is 1.81 bits per heavy atom. The van der Waals surface area contributed by atoms with Crippen molar-refractivity contribution in [2.75, 3.05) is 7.11 Å². The number of ether oxygens (including phenoxy) is 2. The van der Waals surface area contributed by atoms with Crippen molar-refractivity contribution in [3.05, 3.63) is 71.4 Å². The largest absolute Gasteiger partial charge is 0.438 e. The number of rotatable bonds is 5. The van der Waals surface area contributed by atoms with Gasteiger partial charge in [0.2, 0.25) is 5.88 Å². The van der Waals surface area contributed by atoms with Crippen LogP contribution >= 0.6 is 11.3 Å². The van der Waals surface area contributed by atoms with Gasteiger partial charge in [0.05, 0.1) is 17.0 Å².